The third kappa shape index (κ3) is 6.43. The monoisotopic (exact) mass is 596 g/mol. The van der Waals surface area contributed by atoms with E-state index < -0.39 is 27.5 Å². The number of phenolic OH excluding ortho intramolecular Hbond substituents is 1. The third-order valence-corrected chi connectivity index (χ3v) is 9.07. The van der Waals surface area contributed by atoms with Crippen LogP contribution in [0.5, 0.6) is 5.75 Å². The van der Waals surface area contributed by atoms with Crippen LogP contribution in [0.25, 0.3) is 23.8 Å². The van der Waals surface area contributed by atoms with Gasteiger partial charge in [0.2, 0.25) is 0 Å². The number of amides is 1. The van der Waals surface area contributed by atoms with Gasteiger partial charge in [-0.3, -0.25) is 14.2 Å². The van der Waals surface area contributed by atoms with Gasteiger partial charge in [-0.1, -0.05) is 91.0 Å². The summed E-state index contributed by atoms with van der Waals surface area (Å²) in [6.07, 6.45) is 1.80. The Balaban J connectivity index is 1.50. The van der Waals surface area contributed by atoms with Gasteiger partial charge < -0.3 is 5.11 Å². The minimum atomic E-state index is -4.17. The van der Waals surface area contributed by atoms with Crippen LogP contribution in [0, 0.1) is 6.92 Å². The number of nitrogens with zero attached hydrogens (tertiary/aromatic N) is 1. The van der Waals surface area contributed by atoms with Crippen LogP contribution in [0.4, 0.5) is 0 Å². The summed E-state index contributed by atoms with van der Waals surface area (Å²) in [5, 5.41) is 9.78. The van der Waals surface area contributed by atoms with Crippen LogP contribution in [0.1, 0.15) is 22.7 Å². The zero-order valence-corrected chi connectivity index (χ0v) is 24.4. The lowest BCUT2D eigenvalue weighted by Gasteiger charge is -2.18. The molecule has 2 N–H and O–H groups in total. The Morgan fingerprint density at radius 1 is 0.952 bits per heavy atom. The maximum Gasteiger partial charge on any atom is 0.269 e. The zero-order chi connectivity index (χ0) is 29.9. The summed E-state index contributed by atoms with van der Waals surface area (Å²) in [4.78, 5) is 27.2. The first-order valence-electron chi connectivity index (χ1n) is 13.1. The van der Waals surface area contributed by atoms with E-state index in [1.54, 1.807) is 36.4 Å². The van der Waals surface area contributed by atoms with Crippen molar-refractivity contribution >= 4 is 39.9 Å². The number of hydrogen-bond donors (Lipinski definition) is 2. The van der Waals surface area contributed by atoms with Gasteiger partial charge in [0.1, 0.15) is 11.8 Å². The number of carbonyl (C=O) groups excluding carboxylic acids is 1. The summed E-state index contributed by atoms with van der Waals surface area (Å²) in [7, 11) is -4.17. The van der Waals surface area contributed by atoms with E-state index in [0.29, 0.717) is 9.20 Å². The Hall–Kier alpha value is -4.73. The van der Waals surface area contributed by atoms with Crippen LogP contribution in [-0.4, -0.2) is 24.0 Å². The quantitative estimate of drug-likeness (QED) is 0.281. The lowest BCUT2D eigenvalue weighted by atomic mass is 10.0. The molecule has 1 amide bonds. The van der Waals surface area contributed by atoms with Crippen LogP contribution in [0.3, 0.4) is 0 Å². The van der Waals surface area contributed by atoms with Crippen molar-refractivity contribution in [2.45, 2.75) is 24.3 Å². The van der Waals surface area contributed by atoms with E-state index in [2.05, 4.69) is 11.3 Å². The van der Waals surface area contributed by atoms with Crippen LogP contribution in [0.2, 0.25) is 0 Å². The van der Waals surface area contributed by atoms with Crippen LogP contribution in [-0.2, 0) is 21.2 Å². The molecule has 1 heterocycles. The average Bonchev–Trinajstić information content (AvgIpc) is 3.24. The van der Waals surface area contributed by atoms with Gasteiger partial charge in [-0.2, -0.15) is 0 Å². The molecule has 1 atom stereocenters. The van der Waals surface area contributed by atoms with E-state index in [-0.39, 0.29) is 17.1 Å². The van der Waals surface area contributed by atoms with Crippen molar-refractivity contribution in [1.82, 2.24) is 9.29 Å². The lowest BCUT2D eigenvalue weighted by Crippen LogP contribution is -2.44. The predicted molar refractivity (Wildman–Crippen MR) is 166 cm³/mol. The normalized spacial score (nSPS) is 12.6. The van der Waals surface area contributed by atoms with Crippen LogP contribution in [0.15, 0.2) is 113 Å². The minimum Gasteiger partial charge on any atom is -0.508 e. The molecule has 0 fully saturated rings. The molecule has 7 nitrogen and oxygen atoms in total. The highest BCUT2D eigenvalue weighted by Gasteiger charge is 2.28. The minimum absolute atomic E-state index is 0.0457. The number of carbonyl (C=O) groups is 1. The maximum absolute atomic E-state index is 13.7. The lowest BCUT2D eigenvalue weighted by molar-refractivity contribution is -0.122. The number of benzene rings is 4. The summed E-state index contributed by atoms with van der Waals surface area (Å²) in [6.45, 7) is 5.86. The molecule has 0 spiro atoms. The van der Waals surface area contributed by atoms with E-state index in [0.717, 1.165) is 39.2 Å². The molecule has 0 aliphatic heterocycles. The van der Waals surface area contributed by atoms with Crippen molar-refractivity contribution in [3.63, 3.8) is 0 Å². The van der Waals surface area contributed by atoms with Gasteiger partial charge in [0.15, 0.2) is 0 Å². The Kier molecular flexibility index (Phi) is 8.24. The molecular weight excluding hydrogens is 569 g/mol. The van der Waals surface area contributed by atoms with Crippen molar-refractivity contribution in [2.75, 3.05) is 0 Å². The second kappa shape index (κ2) is 12.0. The molecule has 1 aromatic heterocycles. The molecule has 0 aliphatic carbocycles. The van der Waals surface area contributed by atoms with Gasteiger partial charge in [0, 0.05) is 6.42 Å². The highest BCUT2D eigenvalue weighted by Crippen LogP contribution is 2.23. The summed E-state index contributed by atoms with van der Waals surface area (Å²) in [5.74, 6) is -0.655. The Bertz CT molecular complexity index is 2010. The Morgan fingerprint density at radius 2 is 1.64 bits per heavy atom. The van der Waals surface area contributed by atoms with Crippen molar-refractivity contribution in [2.24, 2.45) is 0 Å². The molecule has 5 aromatic rings. The molecule has 42 heavy (non-hydrogen) atoms. The molecule has 212 valence electrons. The maximum atomic E-state index is 13.7. The summed E-state index contributed by atoms with van der Waals surface area (Å²) < 4.78 is 30.2. The number of aryl methyl sites for hydroxylation is 1. The first-order valence-corrected chi connectivity index (χ1v) is 15.4. The largest absolute Gasteiger partial charge is 0.508 e. The second-order valence-corrected chi connectivity index (χ2v) is 12.6. The number of aromatic nitrogens is 1. The number of phenols is 1. The summed E-state index contributed by atoms with van der Waals surface area (Å²) in [5.41, 5.74) is 3.72. The fourth-order valence-corrected chi connectivity index (χ4v) is 6.54. The molecule has 0 bridgehead atoms. The van der Waals surface area contributed by atoms with Crippen LogP contribution < -0.4 is 19.5 Å². The van der Waals surface area contributed by atoms with Crippen LogP contribution >= 0.6 is 11.3 Å². The van der Waals surface area contributed by atoms with E-state index in [9.17, 15) is 23.1 Å². The molecule has 0 saturated carbocycles. The standard InChI is InChI=1S/C33H28N2O5S2/c1-22-11-17-29(18-12-22)42(39,40)34-32(37)30(19-24-7-4-3-5-8-24)35-23(2)41-31(33(35)38)20-25-13-15-26(16-14-25)27-9-6-10-28(36)21-27/h3-18,20-21,30,36H,2,19H2,1H3,(H,34,37)/b31-20-/t30-/m0/s1. The molecule has 0 saturated heterocycles. The average molecular weight is 597 g/mol. The van der Waals surface area contributed by atoms with Gasteiger partial charge in [-0.05, 0) is 59.5 Å². The van der Waals surface area contributed by atoms with Gasteiger partial charge in [0.25, 0.3) is 21.5 Å². The number of nitrogens with one attached hydrogen (secondary N) is 1. The van der Waals surface area contributed by atoms with Gasteiger partial charge >= 0.3 is 0 Å². The summed E-state index contributed by atoms with van der Waals surface area (Å²) >= 11 is 1.13. The topological polar surface area (TPSA) is 105 Å². The van der Waals surface area contributed by atoms with Gasteiger partial charge in [-0.25, -0.2) is 13.1 Å². The molecule has 5 rings (SSSR count). The third-order valence-electron chi connectivity index (χ3n) is 6.77. The molecule has 9 heteroatoms. The van der Waals surface area contributed by atoms with Gasteiger partial charge in [0.05, 0.1) is 14.1 Å². The van der Waals surface area contributed by atoms with E-state index in [1.807, 2.05) is 67.6 Å². The zero-order valence-electron chi connectivity index (χ0n) is 22.7. The predicted octanol–water partition coefficient (Wildman–Crippen LogP) is 4.12. The first kappa shape index (κ1) is 28.8. The van der Waals surface area contributed by atoms with Crippen molar-refractivity contribution in [1.29, 1.82) is 0 Å². The summed E-state index contributed by atoms with van der Waals surface area (Å²) in [6, 6.07) is 28.5. The molecule has 0 radical (unpaired) electrons. The smallest absolute Gasteiger partial charge is 0.269 e. The number of hydrogen-bond acceptors (Lipinski definition) is 6. The van der Waals surface area contributed by atoms with E-state index in [4.69, 9.17) is 0 Å². The highest BCUT2D eigenvalue weighted by molar-refractivity contribution is 7.90. The molecular formula is C33H28N2O5S2. The van der Waals surface area contributed by atoms with Crippen molar-refractivity contribution in [3.8, 4) is 16.9 Å². The Morgan fingerprint density at radius 3 is 2.31 bits per heavy atom. The molecule has 0 aliphatic rings. The van der Waals surface area contributed by atoms with E-state index in [1.165, 1.54) is 16.7 Å². The second-order valence-electron chi connectivity index (χ2n) is 9.84. The SMILES string of the molecule is C=c1s/c(=C\c2ccc(-c3cccc(O)c3)cc2)c(=O)n1[C@@H](Cc1ccccc1)C(=O)NS(=O)(=O)c1ccc(C)cc1. The Labute approximate surface area is 247 Å². The van der Waals surface area contributed by atoms with Gasteiger partial charge in [-0.15, -0.1) is 11.3 Å². The fourth-order valence-electron chi connectivity index (χ4n) is 4.58. The number of rotatable bonds is 8. The first-order chi connectivity index (χ1) is 20.1. The number of sulfonamides is 1. The fraction of sp³-hybridized carbons (Fsp3) is 0.0909. The van der Waals surface area contributed by atoms with E-state index >= 15 is 0 Å². The van der Waals surface area contributed by atoms with Crippen molar-refractivity contribution in [3.05, 3.63) is 139 Å². The number of thiazole rings is 1. The van der Waals surface area contributed by atoms with Crippen molar-refractivity contribution < 1.29 is 18.3 Å². The molecule has 0 unspecified atom stereocenters. The number of aromatic hydroxyl groups is 1. The highest BCUT2D eigenvalue weighted by atomic mass is 32.2. The molecule has 4 aromatic carbocycles.